The van der Waals surface area contributed by atoms with E-state index in [1.54, 1.807) is 12.1 Å². The van der Waals surface area contributed by atoms with Gasteiger partial charge in [0.25, 0.3) is 0 Å². The van der Waals surface area contributed by atoms with E-state index in [1.807, 2.05) is 24.3 Å². The van der Waals surface area contributed by atoms with Crippen LogP contribution >= 0.6 is 0 Å². The van der Waals surface area contributed by atoms with Gasteiger partial charge in [0.1, 0.15) is 0 Å². The van der Waals surface area contributed by atoms with Gasteiger partial charge in [0.15, 0.2) is 0 Å². The fraction of sp³-hybridized carbons (Fsp3) is 0.111. The Hall–Kier alpha value is -2.43. The van der Waals surface area contributed by atoms with Crippen molar-refractivity contribution in [1.82, 2.24) is 0 Å². The number of benzene rings is 4. The highest BCUT2D eigenvalue weighted by molar-refractivity contribution is 6.23. The van der Waals surface area contributed by atoms with Crippen molar-refractivity contribution in [2.75, 3.05) is 0 Å². The zero-order valence-corrected chi connectivity index (χ0v) is 11.6. The zero-order chi connectivity index (χ0) is 16.4. The van der Waals surface area contributed by atoms with Gasteiger partial charge in [-0.15, -0.1) is 0 Å². The molecule has 0 saturated heterocycles. The lowest BCUT2D eigenvalue weighted by Crippen LogP contribution is -2.33. The molecule has 0 aromatic heterocycles. The van der Waals surface area contributed by atoms with Crippen LogP contribution in [0.1, 0.15) is 5.56 Å². The SMILES string of the molecule is FC(F)(F)C(F)(F)c1ccc2ccc3cccc4ccc1c2c34. The summed E-state index contributed by atoms with van der Waals surface area (Å²) in [5.74, 6) is -4.89. The predicted octanol–water partition coefficient (Wildman–Crippen LogP) is 6.24. The van der Waals surface area contributed by atoms with Crippen molar-refractivity contribution in [2.45, 2.75) is 12.1 Å². The van der Waals surface area contributed by atoms with Gasteiger partial charge in [-0.25, -0.2) is 0 Å². The number of rotatable bonds is 1. The zero-order valence-electron chi connectivity index (χ0n) is 11.6. The fourth-order valence-electron chi connectivity index (χ4n) is 3.16. The molecular formula is C18H9F5. The monoisotopic (exact) mass is 320 g/mol. The molecule has 0 atom stereocenters. The molecule has 0 aliphatic heterocycles. The second-order valence-electron chi connectivity index (χ2n) is 5.54. The minimum atomic E-state index is -5.63. The summed E-state index contributed by atoms with van der Waals surface area (Å²) in [5.41, 5.74) is -1.00. The summed E-state index contributed by atoms with van der Waals surface area (Å²) in [7, 11) is 0. The largest absolute Gasteiger partial charge is 0.458 e. The molecule has 0 saturated carbocycles. The molecule has 0 fully saturated rings. The van der Waals surface area contributed by atoms with Gasteiger partial charge in [-0.1, -0.05) is 54.6 Å². The third-order valence-corrected chi connectivity index (χ3v) is 4.22. The van der Waals surface area contributed by atoms with Crippen molar-refractivity contribution in [3.8, 4) is 0 Å². The average molecular weight is 320 g/mol. The van der Waals surface area contributed by atoms with Gasteiger partial charge in [-0.3, -0.25) is 0 Å². The van der Waals surface area contributed by atoms with Crippen molar-refractivity contribution in [2.24, 2.45) is 0 Å². The number of hydrogen-bond acceptors (Lipinski definition) is 0. The van der Waals surface area contributed by atoms with Gasteiger partial charge >= 0.3 is 12.1 Å². The Kier molecular flexibility index (Phi) is 2.66. The second-order valence-corrected chi connectivity index (χ2v) is 5.54. The lowest BCUT2D eigenvalue weighted by molar-refractivity contribution is -0.288. The van der Waals surface area contributed by atoms with Crippen molar-refractivity contribution in [1.29, 1.82) is 0 Å². The Labute approximate surface area is 127 Å². The van der Waals surface area contributed by atoms with Crippen molar-refractivity contribution >= 4 is 32.3 Å². The van der Waals surface area contributed by atoms with Crippen LogP contribution in [0.5, 0.6) is 0 Å². The van der Waals surface area contributed by atoms with Crippen LogP contribution in [0.4, 0.5) is 22.0 Å². The van der Waals surface area contributed by atoms with Gasteiger partial charge in [-0.2, -0.15) is 22.0 Å². The van der Waals surface area contributed by atoms with Gasteiger partial charge in [0, 0.05) is 5.56 Å². The summed E-state index contributed by atoms with van der Waals surface area (Å²) in [5, 5.41) is 3.37. The summed E-state index contributed by atoms with van der Waals surface area (Å²) in [6.07, 6.45) is -5.63. The Balaban J connectivity index is 2.20. The summed E-state index contributed by atoms with van der Waals surface area (Å²) in [6.45, 7) is 0. The highest BCUT2D eigenvalue weighted by Crippen LogP contribution is 2.48. The van der Waals surface area contributed by atoms with E-state index < -0.39 is 17.7 Å². The molecule has 4 aromatic carbocycles. The van der Waals surface area contributed by atoms with E-state index in [0.29, 0.717) is 16.2 Å². The first kappa shape index (κ1) is 14.2. The molecular weight excluding hydrogens is 311 g/mol. The first-order chi connectivity index (χ1) is 10.8. The van der Waals surface area contributed by atoms with Gasteiger partial charge in [0.2, 0.25) is 0 Å². The van der Waals surface area contributed by atoms with Crippen LogP contribution < -0.4 is 0 Å². The first-order valence-corrected chi connectivity index (χ1v) is 6.92. The highest BCUT2D eigenvalue weighted by atomic mass is 19.4. The molecule has 0 nitrogen and oxygen atoms in total. The molecule has 0 heterocycles. The van der Waals surface area contributed by atoms with E-state index in [0.717, 1.165) is 16.8 Å². The lowest BCUT2D eigenvalue weighted by Gasteiger charge is -2.22. The molecule has 0 aliphatic carbocycles. The van der Waals surface area contributed by atoms with Gasteiger partial charge < -0.3 is 0 Å². The summed E-state index contributed by atoms with van der Waals surface area (Å²) >= 11 is 0. The minimum Gasteiger partial charge on any atom is -0.191 e. The maximum atomic E-state index is 13.9. The summed E-state index contributed by atoms with van der Waals surface area (Å²) in [4.78, 5) is 0. The Morgan fingerprint density at radius 2 is 1.09 bits per heavy atom. The Morgan fingerprint density at radius 3 is 1.70 bits per heavy atom. The molecule has 4 aromatic rings. The number of hydrogen-bond donors (Lipinski definition) is 0. The maximum Gasteiger partial charge on any atom is 0.458 e. The Bertz CT molecular complexity index is 1010. The van der Waals surface area contributed by atoms with Crippen LogP contribution in [0.25, 0.3) is 32.3 Å². The van der Waals surface area contributed by atoms with Crippen LogP contribution in [-0.4, -0.2) is 6.18 Å². The predicted molar refractivity (Wildman–Crippen MR) is 80.1 cm³/mol. The third-order valence-electron chi connectivity index (χ3n) is 4.22. The van der Waals surface area contributed by atoms with Crippen molar-refractivity contribution in [3.63, 3.8) is 0 Å². The van der Waals surface area contributed by atoms with E-state index in [1.165, 1.54) is 12.1 Å². The molecule has 0 bridgehead atoms. The van der Waals surface area contributed by atoms with Crippen molar-refractivity contribution in [3.05, 3.63) is 60.2 Å². The molecule has 0 aliphatic rings. The molecule has 5 heteroatoms. The van der Waals surface area contributed by atoms with Crippen LogP contribution in [0.2, 0.25) is 0 Å². The van der Waals surface area contributed by atoms with E-state index in [-0.39, 0.29) is 5.39 Å². The second kappa shape index (κ2) is 4.31. The lowest BCUT2D eigenvalue weighted by atomic mass is 9.90. The highest BCUT2D eigenvalue weighted by Gasteiger charge is 2.59. The Morgan fingerprint density at radius 1 is 0.565 bits per heavy atom. The molecule has 0 N–H and O–H groups in total. The van der Waals surface area contributed by atoms with E-state index in [9.17, 15) is 22.0 Å². The van der Waals surface area contributed by atoms with E-state index >= 15 is 0 Å². The summed E-state index contributed by atoms with van der Waals surface area (Å²) < 4.78 is 66.2. The third kappa shape index (κ3) is 1.82. The quantitative estimate of drug-likeness (QED) is 0.288. The van der Waals surface area contributed by atoms with Crippen LogP contribution in [0.3, 0.4) is 0 Å². The molecule has 0 radical (unpaired) electrons. The van der Waals surface area contributed by atoms with Crippen LogP contribution in [-0.2, 0) is 5.92 Å². The van der Waals surface area contributed by atoms with Crippen LogP contribution in [0, 0.1) is 0 Å². The fourth-order valence-corrected chi connectivity index (χ4v) is 3.16. The molecule has 0 amide bonds. The molecule has 116 valence electrons. The molecule has 4 rings (SSSR count). The molecule has 23 heavy (non-hydrogen) atoms. The first-order valence-electron chi connectivity index (χ1n) is 6.92. The van der Waals surface area contributed by atoms with E-state index in [2.05, 4.69) is 0 Å². The summed E-state index contributed by atoms with van der Waals surface area (Å²) in [6, 6.07) is 14.2. The smallest absolute Gasteiger partial charge is 0.191 e. The topological polar surface area (TPSA) is 0 Å². The minimum absolute atomic E-state index is 0.0610. The van der Waals surface area contributed by atoms with Gasteiger partial charge in [-0.05, 0) is 32.3 Å². The van der Waals surface area contributed by atoms with Crippen molar-refractivity contribution < 1.29 is 22.0 Å². The molecule has 0 spiro atoms. The van der Waals surface area contributed by atoms with Crippen LogP contribution in [0.15, 0.2) is 54.6 Å². The van der Waals surface area contributed by atoms with E-state index in [4.69, 9.17) is 0 Å². The molecule has 0 unspecified atom stereocenters. The average Bonchev–Trinajstić information content (AvgIpc) is 2.51. The number of alkyl halides is 5. The van der Waals surface area contributed by atoms with Gasteiger partial charge in [0.05, 0.1) is 0 Å². The normalized spacial score (nSPS) is 13.4. The maximum absolute atomic E-state index is 13.9. The standard InChI is InChI=1S/C18H9F5/c19-17(20,18(21,22)23)14-9-7-12-5-4-10-2-1-3-11-6-8-13(14)16(12)15(10)11/h1-9H. The number of halogens is 5.